The van der Waals surface area contributed by atoms with Crippen molar-refractivity contribution in [2.45, 2.75) is 25.8 Å². The first kappa shape index (κ1) is 11.1. The number of nitrogens with zero attached hydrogens (tertiary/aromatic N) is 1. The molecule has 1 aromatic rings. The van der Waals surface area contributed by atoms with Crippen LogP contribution in [0.25, 0.3) is 0 Å². The first-order valence-corrected chi connectivity index (χ1v) is 5.77. The molecule has 5 nitrogen and oxygen atoms in total. The van der Waals surface area contributed by atoms with Crippen molar-refractivity contribution in [1.29, 1.82) is 0 Å². The lowest BCUT2D eigenvalue weighted by atomic mass is 9.95. The molecule has 1 aliphatic rings. The molecule has 0 unspecified atom stereocenters. The molecule has 1 aliphatic carbocycles. The van der Waals surface area contributed by atoms with Crippen LogP contribution in [0.1, 0.15) is 25.1 Å². The van der Waals surface area contributed by atoms with Gasteiger partial charge in [0.05, 0.1) is 6.54 Å². The molecule has 0 saturated heterocycles. The van der Waals surface area contributed by atoms with E-state index in [9.17, 15) is 4.79 Å². The van der Waals surface area contributed by atoms with Crippen molar-refractivity contribution in [3.8, 4) is 0 Å². The number of nitrogens with one attached hydrogen (secondary N) is 2. The molecule has 2 rings (SSSR count). The van der Waals surface area contributed by atoms with Gasteiger partial charge in [-0.25, -0.2) is 4.98 Å². The number of hydrogen-bond donors (Lipinski definition) is 3. The Morgan fingerprint density at radius 2 is 2.50 bits per heavy atom. The highest BCUT2D eigenvalue weighted by Gasteiger charge is 2.31. The van der Waals surface area contributed by atoms with Gasteiger partial charge in [-0.05, 0) is 25.3 Å². The molecule has 1 saturated carbocycles. The zero-order valence-corrected chi connectivity index (χ0v) is 9.28. The van der Waals surface area contributed by atoms with Crippen molar-refractivity contribution in [3.05, 3.63) is 18.2 Å². The first-order chi connectivity index (χ1) is 7.81. The summed E-state index contributed by atoms with van der Waals surface area (Å²) < 4.78 is 0. The average molecular weight is 222 g/mol. The minimum absolute atomic E-state index is 0.0972. The van der Waals surface area contributed by atoms with Crippen molar-refractivity contribution >= 4 is 5.91 Å². The maximum atomic E-state index is 11.9. The molecule has 1 aromatic heterocycles. The molecule has 0 spiro atoms. The predicted octanol–water partition coefficient (Wildman–Crippen LogP) is 0.401. The van der Waals surface area contributed by atoms with Crippen LogP contribution in [-0.2, 0) is 11.3 Å². The van der Waals surface area contributed by atoms with E-state index in [0.29, 0.717) is 19.0 Å². The van der Waals surface area contributed by atoms with Gasteiger partial charge in [0.1, 0.15) is 5.82 Å². The topological polar surface area (TPSA) is 83.8 Å². The number of carbonyl (C=O) groups is 1. The van der Waals surface area contributed by atoms with E-state index >= 15 is 0 Å². The number of aromatic amines is 1. The van der Waals surface area contributed by atoms with E-state index in [1.54, 1.807) is 12.4 Å². The van der Waals surface area contributed by atoms with Gasteiger partial charge in [-0.3, -0.25) is 4.79 Å². The van der Waals surface area contributed by atoms with E-state index in [1.807, 2.05) is 0 Å². The molecule has 0 bridgehead atoms. The Hall–Kier alpha value is -1.36. The summed E-state index contributed by atoms with van der Waals surface area (Å²) >= 11 is 0. The van der Waals surface area contributed by atoms with E-state index in [2.05, 4.69) is 15.3 Å². The minimum Gasteiger partial charge on any atom is -0.349 e. The van der Waals surface area contributed by atoms with Crippen LogP contribution in [0.2, 0.25) is 0 Å². The third-order valence-corrected chi connectivity index (χ3v) is 3.28. The monoisotopic (exact) mass is 222 g/mol. The number of H-pyrrole nitrogens is 1. The fourth-order valence-corrected chi connectivity index (χ4v) is 2.36. The Labute approximate surface area is 94.8 Å². The number of imidazole rings is 1. The van der Waals surface area contributed by atoms with Gasteiger partial charge in [0.2, 0.25) is 5.91 Å². The van der Waals surface area contributed by atoms with Crippen LogP contribution in [0.3, 0.4) is 0 Å². The summed E-state index contributed by atoms with van der Waals surface area (Å²) in [6.07, 6.45) is 6.58. The third-order valence-electron chi connectivity index (χ3n) is 3.28. The predicted molar refractivity (Wildman–Crippen MR) is 60.3 cm³/mol. The van der Waals surface area contributed by atoms with Gasteiger partial charge in [-0.15, -0.1) is 0 Å². The smallest absolute Gasteiger partial charge is 0.223 e. The van der Waals surface area contributed by atoms with Gasteiger partial charge >= 0.3 is 0 Å². The van der Waals surface area contributed by atoms with Gasteiger partial charge in [-0.1, -0.05) is 6.42 Å². The average Bonchev–Trinajstić information content (AvgIpc) is 2.96. The molecule has 0 aliphatic heterocycles. The van der Waals surface area contributed by atoms with E-state index < -0.39 is 0 Å². The minimum atomic E-state index is 0.0972. The van der Waals surface area contributed by atoms with Crippen LogP contribution >= 0.6 is 0 Å². The van der Waals surface area contributed by atoms with Gasteiger partial charge in [0.25, 0.3) is 0 Å². The highest BCUT2D eigenvalue weighted by Crippen LogP contribution is 2.30. The molecule has 5 heteroatoms. The largest absolute Gasteiger partial charge is 0.349 e. The number of aromatic nitrogens is 2. The molecular formula is C11H18N4O. The summed E-state index contributed by atoms with van der Waals surface area (Å²) in [7, 11) is 0. The Morgan fingerprint density at radius 1 is 1.62 bits per heavy atom. The summed E-state index contributed by atoms with van der Waals surface area (Å²) in [5.74, 6) is 1.36. The number of amides is 1. The van der Waals surface area contributed by atoms with Crippen molar-refractivity contribution < 1.29 is 4.79 Å². The first-order valence-electron chi connectivity index (χ1n) is 5.77. The number of hydrogen-bond acceptors (Lipinski definition) is 3. The van der Waals surface area contributed by atoms with Crippen LogP contribution in [0.4, 0.5) is 0 Å². The summed E-state index contributed by atoms with van der Waals surface area (Å²) in [4.78, 5) is 18.9. The van der Waals surface area contributed by atoms with E-state index in [4.69, 9.17) is 5.73 Å². The van der Waals surface area contributed by atoms with Crippen LogP contribution in [0, 0.1) is 11.8 Å². The number of nitrogens with two attached hydrogens (primary N) is 1. The molecule has 0 radical (unpaired) electrons. The second kappa shape index (κ2) is 5.12. The molecular weight excluding hydrogens is 204 g/mol. The number of carbonyl (C=O) groups excluding carboxylic acids is 1. The molecule has 4 N–H and O–H groups in total. The molecule has 2 atom stereocenters. The lowest BCUT2D eigenvalue weighted by molar-refractivity contribution is -0.126. The molecule has 88 valence electrons. The molecule has 0 aromatic carbocycles. The normalized spacial score (nSPS) is 24.6. The maximum absolute atomic E-state index is 11.9. The highest BCUT2D eigenvalue weighted by molar-refractivity contribution is 5.79. The molecule has 1 amide bonds. The number of rotatable bonds is 4. The summed E-state index contributed by atoms with van der Waals surface area (Å²) in [5, 5.41) is 2.90. The Kier molecular flexibility index (Phi) is 3.56. The zero-order chi connectivity index (χ0) is 11.4. The highest BCUT2D eigenvalue weighted by atomic mass is 16.1. The fraction of sp³-hybridized carbons (Fsp3) is 0.636. The van der Waals surface area contributed by atoms with Gasteiger partial charge in [0, 0.05) is 18.3 Å². The molecule has 1 fully saturated rings. The van der Waals surface area contributed by atoms with Crippen LogP contribution in [-0.4, -0.2) is 22.4 Å². The van der Waals surface area contributed by atoms with Crippen LogP contribution in [0.5, 0.6) is 0 Å². The van der Waals surface area contributed by atoms with Crippen molar-refractivity contribution in [3.63, 3.8) is 0 Å². The van der Waals surface area contributed by atoms with Gasteiger partial charge in [0.15, 0.2) is 0 Å². The summed E-state index contributed by atoms with van der Waals surface area (Å²) in [5.41, 5.74) is 5.65. The zero-order valence-electron chi connectivity index (χ0n) is 9.28. The molecule has 16 heavy (non-hydrogen) atoms. The SMILES string of the molecule is NC[C@H]1CCC[C@H]1C(=O)NCc1ncc[nH]1. The van der Waals surface area contributed by atoms with Crippen molar-refractivity contribution in [2.75, 3.05) is 6.54 Å². The lowest BCUT2D eigenvalue weighted by Gasteiger charge is -2.16. The van der Waals surface area contributed by atoms with Crippen LogP contribution < -0.4 is 11.1 Å². The summed E-state index contributed by atoms with van der Waals surface area (Å²) in [6, 6.07) is 0. The second-order valence-electron chi connectivity index (χ2n) is 4.29. The van der Waals surface area contributed by atoms with Gasteiger partial charge in [-0.2, -0.15) is 0 Å². The standard InChI is InChI=1S/C11H18N4O/c12-6-8-2-1-3-9(8)11(16)15-7-10-13-4-5-14-10/h4-5,8-9H,1-3,6-7,12H2,(H,13,14)(H,15,16)/t8-,9-/m1/s1. The van der Waals surface area contributed by atoms with E-state index in [0.717, 1.165) is 25.1 Å². The van der Waals surface area contributed by atoms with Crippen molar-refractivity contribution in [1.82, 2.24) is 15.3 Å². The van der Waals surface area contributed by atoms with Crippen LogP contribution in [0.15, 0.2) is 12.4 Å². The lowest BCUT2D eigenvalue weighted by Crippen LogP contribution is -2.34. The maximum Gasteiger partial charge on any atom is 0.223 e. The Morgan fingerprint density at radius 3 is 3.19 bits per heavy atom. The quantitative estimate of drug-likeness (QED) is 0.689. The van der Waals surface area contributed by atoms with Gasteiger partial charge < -0.3 is 16.0 Å². The fourth-order valence-electron chi connectivity index (χ4n) is 2.36. The Bertz CT molecular complexity index is 336. The Balaban J connectivity index is 1.83. The third kappa shape index (κ3) is 2.41. The molecule has 1 heterocycles. The van der Waals surface area contributed by atoms with E-state index in [-0.39, 0.29) is 11.8 Å². The second-order valence-corrected chi connectivity index (χ2v) is 4.29. The van der Waals surface area contributed by atoms with E-state index in [1.165, 1.54) is 0 Å². The summed E-state index contributed by atoms with van der Waals surface area (Å²) in [6.45, 7) is 1.08. The van der Waals surface area contributed by atoms with Crippen molar-refractivity contribution in [2.24, 2.45) is 17.6 Å².